The average molecular weight is 380 g/mol. The topological polar surface area (TPSA) is 64.5 Å². The molecule has 0 unspecified atom stereocenters. The Hall–Kier alpha value is -2.70. The first-order valence-corrected chi connectivity index (χ1v) is 9.62. The zero-order valence-electron chi connectivity index (χ0n) is 16.9. The first kappa shape index (κ1) is 20.0. The molecule has 1 heterocycles. The van der Waals surface area contributed by atoms with Crippen molar-refractivity contribution in [2.75, 3.05) is 39.5 Å². The lowest BCUT2D eigenvalue weighted by atomic mass is 10.2. The molecular formula is C22H29N5O. The Labute approximate surface area is 166 Å². The molecule has 28 heavy (non-hydrogen) atoms. The quantitative estimate of drug-likeness (QED) is 0.556. The monoisotopic (exact) mass is 379 g/mol. The van der Waals surface area contributed by atoms with Gasteiger partial charge in [-0.2, -0.15) is 0 Å². The summed E-state index contributed by atoms with van der Waals surface area (Å²) < 4.78 is 0. The maximum atomic E-state index is 9.43. The molecule has 1 aromatic heterocycles. The van der Waals surface area contributed by atoms with Crippen LogP contribution in [-0.4, -0.2) is 59.1 Å². The highest BCUT2D eigenvalue weighted by Gasteiger charge is 2.10. The fourth-order valence-electron chi connectivity index (χ4n) is 3.14. The van der Waals surface area contributed by atoms with Crippen molar-refractivity contribution >= 4 is 16.7 Å². The van der Waals surface area contributed by atoms with Gasteiger partial charge in [0.15, 0.2) is 0 Å². The third-order valence-corrected chi connectivity index (χ3v) is 4.52. The summed E-state index contributed by atoms with van der Waals surface area (Å²) >= 11 is 0. The fraction of sp³-hybridized carbons (Fsp3) is 0.364. The number of hydrogen-bond donors (Lipinski definition) is 2. The summed E-state index contributed by atoms with van der Waals surface area (Å²) in [5, 5.41) is 14.0. The standard InChI is InChI=1S/C22H29N5O/c1-26(2)14-6-13-23-22-19-7-4-5-8-20(19)24-21(25-22)16-27(3)15-17-9-11-18(28)12-10-17/h4-5,7-12,28H,6,13-16H2,1-3H3,(H,23,24,25). The first-order chi connectivity index (χ1) is 13.5. The molecule has 3 rings (SSSR count). The molecule has 0 saturated heterocycles. The van der Waals surface area contributed by atoms with Gasteiger partial charge in [0.1, 0.15) is 17.4 Å². The number of aromatic hydroxyl groups is 1. The third kappa shape index (κ3) is 5.65. The van der Waals surface area contributed by atoms with Crippen LogP contribution in [-0.2, 0) is 13.1 Å². The molecule has 2 N–H and O–H groups in total. The van der Waals surface area contributed by atoms with Gasteiger partial charge in [-0.05, 0) is 63.9 Å². The second kappa shape index (κ2) is 9.48. The normalized spacial score (nSPS) is 11.5. The number of benzene rings is 2. The van der Waals surface area contributed by atoms with Crippen molar-refractivity contribution in [2.24, 2.45) is 0 Å². The van der Waals surface area contributed by atoms with Gasteiger partial charge in [0.2, 0.25) is 0 Å². The van der Waals surface area contributed by atoms with Gasteiger partial charge in [0.05, 0.1) is 12.1 Å². The summed E-state index contributed by atoms with van der Waals surface area (Å²) in [5.74, 6) is 1.99. The largest absolute Gasteiger partial charge is 0.508 e. The van der Waals surface area contributed by atoms with Gasteiger partial charge in [-0.3, -0.25) is 4.90 Å². The van der Waals surface area contributed by atoms with Crippen LogP contribution in [0.3, 0.4) is 0 Å². The summed E-state index contributed by atoms with van der Waals surface area (Å²) in [6, 6.07) is 15.4. The van der Waals surface area contributed by atoms with E-state index in [1.165, 1.54) is 0 Å². The van der Waals surface area contributed by atoms with Crippen molar-refractivity contribution < 1.29 is 5.11 Å². The van der Waals surface area contributed by atoms with Crippen LogP contribution < -0.4 is 5.32 Å². The summed E-state index contributed by atoms with van der Waals surface area (Å²) in [6.07, 6.45) is 1.06. The third-order valence-electron chi connectivity index (χ3n) is 4.52. The number of nitrogens with one attached hydrogen (secondary N) is 1. The zero-order chi connectivity index (χ0) is 19.9. The van der Waals surface area contributed by atoms with E-state index in [1.807, 2.05) is 30.3 Å². The minimum Gasteiger partial charge on any atom is -0.508 e. The number of fused-ring (bicyclic) bond motifs is 1. The van der Waals surface area contributed by atoms with Crippen LogP contribution in [0.5, 0.6) is 5.75 Å². The molecule has 6 nitrogen and oxygen atoms in total. The van der Waals surface area contributed by atoms with E-state index in [9.17, 15) is 5.11 Å². The van der Waals surface area contributed by atoms with Crippen LogP contribution in [0, 0.1) is 0 Å². The smallest absolute Gasteiger partial charge is 0.145 e. The highest BCUT2D eigenvalue weighted by atomic mass is 16.3. The Bertz CT molecular complexity index is 895. The van der Waals surface area contributed by atoms with Crippen LogP contribution in [0.15, 0.2) is 48.5 Å². The van der Waals surface area contributed by atoms with Crippen LogP contribution in [0.4, 0.5) is 5.82 Å². The van der Waals surface area contributed by atoms with E-state index in [0.29, 0.717) is 6.54 Å². The van der Waals surface area contributed by atoms with E-state index in [-0.39, 0.29) is 5.75 Å². The van der Waals surface area contributed by atoms with E-state index in [0.717, 1.165) is 54.2 Å². The van der Waals surface area contributed by atoms with Crippen molar-refractivity contribution in [1.29, 1.82) is 0 Å². The Morgan fingerprint density at radius 1 is 0.929 bits per heavy atom. The molecule has 0 saturated carbocycles. The summed E-state index contributed by atoms with van der Waals surface area (Å²) in [4.78, 5) is 13.9. The molecule has 3 aromatic rings. The lowest BCUT2D eigenvalue weighted by molar-refractivity contribution is 0.311. The SMILES string of the molecule is CN(C)CCCNc1nc(CN(C)Cc2ccc(O)cc2)nc2ccccc12. The lowest BCUT2D eigenvalue weighted by Crippen LogP contribution is -2.20. The lowest BCUT2D eigenvalue weighted by Gasteiger charge is -2.17. The van der Waals surface area contributed by atoms with Crippen molar-refractivity contribution in [3.63, 3.8) is 0 Å². The van der Waals surface area contributed by atoms with E-state index < -0.39 is 0 Å². The summed E-state index contributed by atoms with van der Waals surface area (Å²) in [7, 11) is 6.22. The summed E-state index contributed by atoms with van der Waals surface area (Å²) in [6.45, 7) is 3.33. The molecule has 0 atom stereocenters. The highest BCUT2D eigenvalue weighted by molar-refractivity contribution is 5.88. The number of anilines is 1. The molecule has 0 bridgehead atoms. The molecule has 148 valence electrons. The van der Waals surface area contributed by atoms with Gasteiger partial charge in [-0.25, -0.2) is 9.97 Å². The maximum Gasteiger partial charge on any atom is 0.145 e. The van der Waals surface area contributed by atoms with Gasteiger partial charge in [-0.1, -0.05) is 24.3 Å². The number of rotatable bonds is 9. The van der Waals surface area contributed by atoms with Crippen molar-refractivity contribution in [3.05, 3.63) is 59.9 Å². The Morgan fingerprint density at radius 3 is 2.43 bits per heavy atom. The molecule has 0 aliphatic rings. The molecule has 0 aliphatic carbocycles. The van der Waals surface area contributed by atoms with Crippen LogP contribution in [0.1, 0.15) is 17.8 Å². The van der Waals surface area contributed by atoms with Crippen molar-refractivity contribution in [3.8, 4) is 5.75 Å². The Morgan fingerprint density at radius 2 is 1.68 bits per heavy atom. The van der Waals surface area contributed by atoms with Gasteiger partial charge >= 0.3 is 0 Å². The predicted octanol–water partition coefficient (Wildman–Crippen LogP) is 3.33. The zero-order valence-corrected chi connectivity index (χ0v) is 16.9. The minimum absolute atomic E-state index is 0.286. The maximum absolute atomic E-state index is 9.43. The van der Waals surface area contributed by atoms with Crippen LogP contribution >= 0.6 is 0 Å². The van der Waals surface area contributed by atoms with Gasteiger partial charge in [-0.15, -0.1) is 0 Å². The van der Waals surface area contributed by atoms with Crippen LogP contribution in [0.25, 0.3) is 10.9 Å². The number of phenolic OH excluding ortho intramolecular Hbond substituents is 1. The molecule has 6 heteroatoms. The van der Waals surface area contributed by atoms with E-state index in [2.05, 4.69) is 42.3 Å². The fourth-order valence-corrected chi connectivity index (χ4v) is 3.14. The van der Waals surface area contributed by atoms with E-state index in [1.54, 1.807) is 12.1 Å². The predicted molar refractivity (Wildman–Crippen MR) is 114 cm³/mol. The number of phenols is 1. The Kier molecular flexibility index (Phi) is 6.79. The molecule has 0 radical (unpaired) electrons. The van der Waals surface area contributed by atoms with Gasteiger partial charge in [0, 0.05) is 18.5 Å². The Balaban J connectivity index is 1.72. The molecular weight excluding hydrogens is 350 g/mol. The molecule has 0 spiro atoms. The number of hydrogen-bond acceptors (Lipinski definition) is 6. The number of aromatic nitrogens is 2. The minimum atomic E-state index is 0.286. The van der Waals surface area contributed by atoms with Gasteiger partial charge < -0.3 is 15.3 Å². The van der Waals surface area contributed by atoms with Crippen molar-refractivity contribution in [1.82, 2.24) is 19.8 Å². The summed E-state index contributed by atoms with van der Waals surface area (Å²) in [5.41, 5.74) is 2.10. The van der Waals surface area contributed by atoms with E-state index >= 15 is 0 Å². The van der Waals surface area contributed by atoms with Crippen molar-refractivity contribution in [2.45, 2.75) is 19.5 Å². The molecule has 2 aromatic carbocycles. The van der Waals surface area contributed by atoms with E-state index in [4.69, 9.17) is 9.97 Å². The number of para-hydroxylation sites is 1. The second-order valence-electron chi connectivity index (χ2n) is 7.43. The number of nitrogens with zero attached hydrogens (tertiary/aromatic N) is 4. The van der Waals surface area contributed by atoms with Crippen LogP contribution in [0.2, 0.25) is 0 Å². The molecule has 0 aliphatic heterocycles. The highest BCUT2D eigenvalue weighted by Crippen LogP contribution is 2.21. The molecule has 0 fully saturated rings. The second-order valence-corrected chi connectivity index (χ2v) is 7.43. The average Bonchev–Trinajstić information content (AvgIpc) is 2.66. The van der Waals surface area contributed by atoms with Gasteiger partial charge in [0.25, 0.3) is 0 Å². The molecule has 0 amide bonds. The first-order valence-electron chi connectivity index (χ1n) is 9.62.